The van der Waals surface area contributed by atoms with Crippen LogP contribution in [0.25, 0.3) is 0 Å². The molecule has 0 aromatic heterocycles. The zero-order valence-corrected chi connectivity index (χ0v) is 5.99. The lowest BCUT2D eigenvalue weighted by Crippen LogP contribution is -2.25. The summed E-state index contributed by atoms with van der Waals surface area (Å²) in [5, 5.41) is 0. The van der Waals surface area contributed by atoms with Crippen molar-refractivity contribution in [3.63, 3.8) is 0 Å². The normalized spacial score (nSPS) is 37.6. The van der Waals surface area contributed by atoms with E-state index in [9.17, 15) is 0 Å². The van der Waals surface area contributed by atoms with E-state index in [1.807, 2.05) is 0 Å². The Balaban J connectivity index is 2.09. The Morgan fingerprint density at radius 1 is 1.10 bits per heavy atom. The molecule has 2 rings (SSSR count). The first-order chi connectivity index (χ1) is 4.97. The van der Waals surface area contributed by atoms with Crippen molar-refractivity contribution in [2.24, 2.45) is 11.8 Å². The SMILES string of the molecule is C1=CC2COCC[C@@H]2C=C1. The van der Waals surface area contributed by atoms with E-state index < -0.39 is 0 Å². The van der Waals surface area contributed by atoms with Crippen molar-refractivity contribution in [3.05, 3.63) is 24.3 Å². The van der Waals surface area contributed by atoms with Gasteiger partial charge in [0.15, 0.2) is 0 Å². The summed E-state index contributed by atoms with van der Waals surface area (Å²) in [5.74, 6) is 1.43. The van der Waals surface area contributed by atoms with E-state index in [-0.39, 0.29) is 0 Å². The highest BCUT2D eigenvalue weighted by Crippen LogP contribution is 2.26. The third-order valence-corrected chi connectivity index (χ3v) is 2.28. The van der Waals surface area contributed by atoms with Crippen molar-refractivity contribution >= 4 is 0 Å². The quantitative estimate of drug-likeness (QED) is 0.493. The van der Waals surface area contributed by atoms with Crippen LogP contribution in [0.4, 0.5) is 0 Å². The minimum Gasteiger partial charge on any atom is -0.381 e. The first kappa shape index (κ1) is 6.17. The minimum atomic E-state index is 0.666. The summed E-state index contributed by atoms with van der Waals surface area (Å²) in [6, 6.07) is 0. The molecule has 1 nitrogen and oxygen atoms in total. The van der Waals surface area contributed by atoms with Crippen LogP contribution in [0.2, 0.25) is 0 Å². The molecule has 2 atom stereocenters. The van der Waals surface area contributed by atoms with Crippen LogP contribution in [0.15, 0.2) is 24.3 Å². The fraction of sp³-hybridized carbons (Fsp3) is 0.556. The third-order valence-electron chi connectivity index (χ3n) is 2.28. The summed E-state index contributed by atoms with van der Waals surface area (Å²) >= 11 is 0. The number of allylic oxidation sites excluding steroid dienone is 3. The lowest BCUT2D eigenvalue weighted by Gasteiger charge is -2.28. The Bertz CT molecular complexity index is 150. The maximum atomic E-state index is 5.35. The summed E-state index contributed by atoms with van der Waals surface area (Å²) in [6.45, 7) is 1.87. The molecule has 0 N–H and O–H groups in total. The second kappa shape index (κ2) is 2.59. The van der Waals surface area contributed by atoms with Gasteiger partial charge in [0.05, 0.1) is 6.61 Å². The maximum absolute atomic E-state index is 5.35. The number of ether oxygens (including phenoxy) is 1. The lowest BCUT2D eigenvalue weighted by molar-refractivity contribution is 0.0485. The molecule has 2 aliphatic rings. The first-order valence-corrected chi connectivity index (χ1v) is 3.89. The van der Waals surface area contributed by atoms with Crippen LogP contribution in [0, 0.1) is 11.8 Å². The molecular weight excluding hydrogens is 124 g/mol. The lowest BCUT2D eigenvalue weighted by atomic mass is 9.85. The van der Waals surface area contributed by atoms with E-state index in [0.717, 1.165) is 19.1 Å². The van der Waals surface area contributed by atoms with E-state index in [1.54, 1.807) is 0 Å². The number of hydrogen-bond donors (Lipinski definition) is 0. The average Bonchev–Trinajstić information content (AvgIpc) is 2.05. The highest BCUT2D eigenvalue weighted by atomic mass is 16.5. The van der Waals surface area contributed by atoms with Crippen molar-refractivity contribution in [1.29, 1.82) is 0 Å². The zero-order chi connectivity index (χ0) is 6.81. The second-order valence-corrected chi connectivity index (χ2v) is 2.96. The van der Waals surface area contributed by atoms with E-state index in [2.05, 4.69) is 24.3 Å². The molecule has 1 aliphatic heterocycles. The smallest absolute Gasteiger partial charge is 0.0534 e. The van der Waals surface area contributed by atoms with Crippen molar-refractivity contribution in [1.82, 2.24) is 0 Å². The summed E-state index contributed by atoms with van der Waals surface area (Å²) in [5.41, 5.74) is 0. The fourth-order valence-corrected chi connectivity index (χ4v) is 1.63. The predicted octanol–water partition coefficient (Wildman–Crippen LogP) is 1.77. The van der Waals surface area contributed by atoms with Crippen LogP contribution in [0.1, 0.15) is 6.42 Å². The number of rotatable bonds is 0. The van der Waals surface area contributed by atoms with Gasteiger partial charge in [-0.1, -0.05) is 24.3 Å². The van der Waals surface area contributed by atoms with Crippen molar-refractivity contribution in [2.45, 2.75) is 6.42 Å². The van der Waals surface area contributed by atoms with Crippen molar-refractivity contribution < 1.29 is 4.74 Å². The maximum Gasteiger partial charge on any atom is 0.0534 e. The molecule has 1 heteroatoms. The van der Waals surface area contributed by atoms with Gasteiger partial charge in [-0.2, -0.15) is 0 Å². The van der Waals surface area contributed by atoms with Crippen LogP contribution in [0.3, 0.4) is 0 Å². The number of fused-ring (bicyclic) bond motifs is 1. The molecule has 1 heterocycles. The van der Waals surface area contributed by atoms with Crippen LogP contribution in [-0.2, 0) is 4.74 Å². The topological polar surface area (TPSA) is 9.23 Å². The molecule has 0 aromatic carbocycles. The van der Waals surface area contributed by atoms with Gasteiger partial charge < -0.3 is 4.74 Å². The Labute approximate surface area is 61.4 Å². The largest absolute Gasteiger partial charge is 0.381 e. The number of hydrogen-bond acceptors (Lipinski definition) is 1. The van der Waals surface area contributed by atoms with Gasteiger partial charge in [0.25, 0.3) is 0 Å². The highest BCUT2D eigenvalue weighted by molar-refractivity contribution is 5.14. The van der Waals surface area contributed by atoms with Crippen LogP contribution < -0.4 is 0 Å². The van der Waals surface area contributed by atoms with Crippen LogP contribution in [0.5, 0.6) is 0 Å². The molecule has 54 valence electrons. The summed E-state index contributed by atoms with van der Waals surface area (Å²) in [6.07, 6.45) is 10.0. The van der Waals surface area contributed by atoms with Crippen molar-refractivity contribution in [3.8, 4) is 0 Å². The molecular formula is C9H12O. The van der Waals surface area contributed by atoms with E-state index in [1.165, 1.54) is 6.42 Å². The molecule has 10 heavy (non-hydrogen) atoms. The fourth-order valence-electron chi connectivity index (χ4n) is 1.63. The minimum absolute atomic E-state index is 0.666. The molecule has 1 aliphatic carbocycles. The summed E-state index contributed by atoms with van der Waals surface area (Å²) in [4.78, 5) is 0. The highest BCUT2D eigenvalue weighted by Gasteiger charge is 2.21. The molecule has 1 unspecified atom stereocenters. The molecule has 0 amide bonds. The molecule has 1 saturated heterocycles. The molecule has 0 aromatic rings. The molecule has 1 fully saturated rings. The van der Waals surface area contributed by atoms with Crippen LogP contribution >= 0.6 is 0 Å². The Morgan fingerprint density at radius 3 is 2.70 bits per heavy atom. The molecule has 0 radical (unpaired) electrons. The van der Waals surface area contributed by atoms with Crippen LogP contribution in [-0.4, -0.2) is 13.2 Å². The monoisotopic (exact) mass is 136 g/mol. The van der Waals surface area contributed by atoms with Gasteiger partial charge in [0, 0.05) is 12.5 Å². The standard InChI is InChI=1S/C9H12O/c1-2-4-9-7-10-6-5-8(9)3-1/h1-4,8-9H,5-7H2/t8-,9?/m0/s1. The Hall–Kier alpha value is -0.560. The van der Waals surface area contributed by atoms with Gasteiger partial charge in [-0.05, 0) is 12.3 Å². The second-order valence-electron chi connectivity index (χ2n) is 2.96. The van der Waals surface area contributed by atoms with Gasteiger partial charge in [0.2, 0.25) is 0 Å². The van der Waals surface area contributed by atoms with Gasteiger partial charge >= 0.3 is 0 Å². The third kappa shape index (κ3) is 1.01. The first-order valence-electron chi connectivity index (χ1n) is 3.89. The van der Waals surface area contributed by atoms with Gasteiger partial charge in [0.1, 0.15) is 0 Å². The van der Waals surface area contributed by atoms with Gasteiger partial charge in [-0.15, -0.1) is 0 Å². The summed E-state index contributed by atoms with van der Waals surface area (Å²) < 4.78 is 5.35. The van der Waals surface area contributed by atoms with Gasteiger partial charge in [-0.25, -0.2) is 0 Å². The van der Waals surface area contributed by atoms with Gasteiger partial charge in [-0.3, -0.25) is 0 Å². The zero-order valence-electron chi connectivity index (χ0n) is 5.99. The molecule has 0 bridgehead atoms. The Kier molecular flexibility index (Phi) is 1.60. The Morgan fingerprint density at radius 2 is 1.90 bits per heavy atom. The average molecular weight is 136 g/mol. The predicted molar refractivity (Wildman–Crippen MR) is 40.7 cm³/mol. The van der Waals surface area contributed by atoms with Crippen molar-refractivity contribution in [2.75, 3.05) is 13.2 Å². The van der Waals surface area contributed by atoms with E-state index in [4.69, 9.17) is 4.74 Å². The summed E-state index contributed by atoms with van der Waals surface area (Å²) in [7, 11) is 0. The van der Waals surface area contributed by atoms with E-state index in [0.29, 0.717) is 5.92 Å². The molecule has 0 saturated carbocycles. The van der Waals surface area contributed by atoms with E-state index >= 15 is 0 Å². The molecule has 0 spiro atoms.